The molecule has 1 saturated carbocycles. The molecule has 1 aliphatic heterocycles. The van der Waals surface area contributed by atoms with Gasteiger partial charge in [0.25, 0.3) is 0 Å². The van der Waals surface area contributed by atoms with E-state index in [4.69, 9.17) is 4.74 Å². The summed E-state index contributed by atoms with van der Waals surface area (Å²) in [5.41, 5.74) is 2.84. The minimum atomic E-state index is 0.503. The summed E-state index contributed by atoms with van der Waals surface area (Å²) >= 11 is 0. The number of rotatable bonds is 9. The molecule has 150 valence electrons. The molecule has 1 aromatic rings. The molecule has 2 N–H and O–H groups in total. The fraction of sp³-hybridized carbons (Fsp3) is 0.682. The van der Waals surface area contributed by atoms with Crippen LogP contribution >= 0.6 is 0 Å². The van der Waals surface area contributed by atoms with Crippen molar-refractivity contribution in [1.29, 1.82) is 0 Å². The van der Waals surface area contributed by atoms with Gasteiger partial charge in [-0.3, -0.25) is 9.89 Å². The molecule has 0 spiro atoms. The Bertz CT molecular complexity index is 592. The molecule has 0 unspecified atom stereocenters. The third-order valence-electron chi connectivity index (χ3n) is 5.48. The fourth-order valence-electron chi connectivity index (χ4n) is 3.53. The Hall–Kier alpha value is -1.59. The van der Waals surface area contributed by atoms with E-state index in [1.807, 2.05) is 0 Å². The standard InChI is InChI=1S/C22H36N4O/c1-3-23-22(24-12-15-27-17-19-8-9-19)25-21-10-13-26(14-11-21)16-20-7-5-4-6-18(20)2/h4-7,19,21H,3,8-17H2,1-2H3,(H2,23,24,25). The van der Waals surface area contributed by atoms with Crippen LogP contribution in [0, 0.1) is 12.8 Å². The lowest BCUT2D eigenvalue weighted by Gasteiger charge is -2.33. The van der Waals surface area contributed by atoms with E-state index in [2.05, 4.69) is 58.6 Å². The normalized spacial score (nSPS) is 19.3. The molecule has 1 aromatic carbocycles. The molecule has 2 fully saturated rings. The van der Waals surface area contributed by atoms with Gasteiger partial charge in [-0.1, -0.05) is 24.3 Å². The molecule has 5 nitrogen and oxygen atoms in total. The van der Waals surface area contributed by atoms with Crippen molar-refractivity contribution in [3.8, 4) is 0 Å². The van der Waals surface area contributed by atoms with E-state index in [0.717, 1.165) is 70.7 Å². The smallest absolute Gasteiger partial charge is 0.191 e. The quantitative estimate of drug-likeness (QED) is 0.398. The van der Waals surface area contributed by atoms with Crippen LogP contribution in [0.5, 0.6) is 0 Å². The maximum atomic E-state index is 5.69. The van der Waals surface area contributed by atoms with Crippen LogP contribution in [0.1, 0.15) is 43.7 Å². The number of benzene rings is 1. The second-order valence-corrected chi connectivity index (χ2v) is 7.90. The van der Waals surface area contributed by atoms with E-state index in [0.29, 0.717) is 6.04 Å². The molecule has 0 bridgehead atoms. The predicted octanol–water partition coefficient (Wildman–Crippen LogP) is 2.94. The van der Waals surface area contributed by atoms with Crippen LogP contribution in [-0.2, 0) is 11.3 Å². The summed E-state index contributed by atoms with van der Waals surface area (Å²) < 4.78 is 5.69. The Morgan fingerprint density at radius 3 is 2.67 bits per heavy atom. The summed E-state index contributed by atoms with van der Waals surface area (Å²) in [6.45, 7) is 10.9. The van der Waals surface area contributed by atoms with E-state index in [1.165, 1.54) is 24.0 Å². The van der Waals surface area contributed by atoms with Crippen molar-refractivity contribution < 1.29 is 4.74 Å². The predicted molar refractivity (Wildman–Crippen MR) is 112 cm³/mol. The second-order valence-electron chi connectivity index (χ2n) is 7.90. The summed E-state index contributed by atoms with van der Waals surface area (Å²) in [7, 11) is 0. The van der Waals surface area contributed by atoms with Crippen LogP contribution in [0.3, 0.4) is 0 Å². The van der Waals surface area contributed by atoms with Gasteiger partial charge in [-0.25, -0.2) is 0 Å². The van der Waals surface area contributed by atoms with Gasteiger partial charge in [0.1, 0.15) is 0 Å². The Labute approximate surface area is 164 Å². The molecular weight excluding hydrogens is 336 g/mol. The van der Waals surface area contributed by atoms with Crippen molar-refractivity contribution in [3.05, 3.63) is 35.4 Å². The van der Waals surface area contributed by atoms with Crippen molar-refractivity contribution in [3.63, 3.8) is 0 Å². The second kappa shape index (κ2) is 10.7. The third-order valence-corrected chi connectivity index (χ3v) is 5.48. The van der Waals surface area contributed by atoms with E-state index < -0.39 is 0 Å². The lowest BCUT2D eigenvalue weighted by Crippen LogP contribution is -2.48. The minimum Gasteiger partial charge on any atom is -0.379 e. The first kappa shape index (κ1) is 20.2. The first-order valence-corrected chi connectivity index (χ1v) is 10.6. The summed E-state index contributed by atoms with van der Waals surface area (Å²) in [5.74, 6) is 1.76. The van der Waals surface area contributed by atoms with E-state index >= 15 is 0 Å². The number of guanidine groups is 1. The number of aliphatic imine (C=N–C) groups is 1. The SMILES string of the molecule is CCNC(=NCCOCC1CC1)NC1CCN(Cc2ccccc2C)CC1. The van der Waals surface area contributed by atoms with Gasteiger partial charge in [-0.2, -0.15) is 0 Å². The van der Waals surface area contributed by atoms with Gasteiger partial charge >= 0.3 is 0 Å². The van der Waals surface area contributed by atoms with Crippen molar-refractivity contribution in [1.82, 2.24) is 15.5 Å². The number of hydrogen-bond acceptors (Lipinski definition) is 3. The maximum absolute atomic E-state index is 5.69. The Morgan fingerprint density at radius 1 is 1.19 bits per heavy atom. The molecule has 5 heteroatoms. The number of piperidine rings is 1. The molecule has 3 rings (SSSR count). The van der Waals surface area contributed by atoms with Gasteiger partial charge < -0.3 is 15.4 Å². The van der Waals surface area contributed by atoms with Gasteiger partial charge in [0, 0.05) is 38.8 Å². The molecule has 0 amide bonds. The van der Waals surface area contributed by atoms with Crippen LogP contribution in [-0.4, -0.2) is 56.3 Å². The molecule has 0 radical (unpaired) electrons. The Kier molecular flexibility index (Phi) is 7.96. The maximum Gasteiger partial charge on any atom is 0.191 e. The average Bonchev–Trinajstić information content (AvgIpc) is 3.49. The van der Waals surface area contributed by atoms with Crippen LogP contribution in [0.15, 0.2) is 29.3 Å². The number of nitrogens with zero attached hydrogens (tertiary/aromatic N) is 2. The highest BCUT2D eigenvalue weighted by atomic mass is 16.5. The number of hydrogen-bond donors (Lipinski definition) is 2. The molecule has 27 heavy (non-hydrogen) atoms. The van der Waals surface area contributed by atoms with Gasteiger partial charge in [-0.05, 0) is 56.6 Å². The highest BCUT2D eigenvalue weighted by molar-refractivity contribution is 5.80. The number of aryl methyl sites for hydroxylation is 1. The van der Waals surface area contributed by atoms with Crippen molar-refractivity contribution in [2.75, 3.05) is 39.4 Å². The Morgan fingerprint density at radius 2 is 1.96 bits per heavy atom. The van der Waals surface area contributed by atoms with Gasteiger partial charge in [0.2, 0.25) is 0 Å². The van der Waals surface area contributed by atoms with E-state index in [-0.39, 0.29) is 0 Å². The summed E-state index contributed by atoms with van der Waals surface area (Å²) in [4.78, 5) is 7.24. The van der Waals surface area contributed by atoms with Crippen molar-refractivity contribution in [2.24, 2.45) is 10.9 Å². The van der Waals surface area contributed by atoms with Crippen molar-refractivity contribution in [2.45, 2.75) is 52.1 Å². The largest absolute Gasteiger partial charge is 0.379 e. The summed E-state index contributed by atoms with van der Waals surface area (Å²) in [6, 6.07) is 9.22. The monoisotopic (exact) mass is 372 g/mol. The van der Waals surface area contributed by atoms with Crippen molar-refractivity contribution >= 4 is 5.96 Å². The topological polar surface area (TPSA) is 48.9 Å². The third kappa shape index (κ3) is 7.15. The molecular formula is C22H36N4O. The number of nitrogens with one attached hydrogen (secondary N) is 2. The van der Waals surface area contributed by atoms with E-state index in [9.17, 15) is 0 Å². The zero-order valence-electron chi connectivity index (χ0n) is 17.0. The first-order chi connectivity index (χ1) is 13.2. The molecule has 1 aliphatic carbocycles. The van der Waals surface area contributed by atoms with Crippen LogP contribution in [0.2, 0.25) is 0 Å². The first-order valence-electron chi connectivity index (χ1n) is 10.6. The average molecular weight is 373 g/mol. The van der Waals surface area contributed by atoms with Crippen LogP contribution in [0.25, 0.3) is 0 Å². The highest BCUT2D eigenvalue weighted by Gasteiger charge is 2.21. The molecule has 1 heterocycles. The van der Waals surface area contributed by atoms with Gasteiger partial charge in [0.15, 0.2) is 5.96 Å². The van der Waals surface area contributed by atoms with Crippen LogP contribution < -0.4 is 10.6 Å². The molecule has 1 saturated heterocycles. The van der Waals surface area contributed by atoms with Crippen LogP contribution in [0.4, 0.5) is 0 Å². The molecule has 2 aliphatic rings. The molecule has 0 aromatic heterocycles. The number of likely N-dealkylation sites (tertiary alicyclic amines) is 1. The summed E-state index contributed by atoms with van der Waals surface area (Å²) in [6.07, 6.45) is 5.01. The Balaban J connectivity index is 1.38. The van der Waals surface area contributed by atoms with E-state index in [1.54, 1.807) is 0 Å². The fourth-order valence-corrected chi connectivity index (χ4v) is 3.53. The lowest BCUT2D eigenvalue weighted by atomic mass is 10.0. The zero-order chi connectivity index (χ0) is 18.9. The zero-order valence-corrected chi connectivity index (χ0v) is 17.0. The molecule has 0 atom stereocenters. The highest BCUT2D eigenvalue weighted by Crippen LogP contribution is 2.28. The lowest BCUT2D eigenvalue weighted by molar-refractivity contribution is 0.131. The number of ether oxygens (including phenoxy) is 1. The van der Waals surface area contributed by atoms with Gasteiger partial charge in [0.05, 0.1) is 13.2 Å². The summed E-state index contributed by atoms with van der Waals surface area (Å²) in [5, 5.41) is 6.99. The van der Waals surface area contributed by atoms with Gasteiger partial charge in [-0.15, -0.1) is 0 Å². The minimum absolute atomic E-state index is 0.503.